The molecule has 0 aliphatic carbocycles. The Morgan fingerprint density at radius 3 is 1.15 bits per heavy atom. The molecule has 15 aromatic rings. The highest BCUT2D eigenvalue weighted by molar-refractivity contribution is 7.20. The van der Waals surface area contributed by atoms with E-state index in [1.54, 1.807) is 0 Å². The predicted octanol–water partition coefficient (Wildman–Crippen LogP) is 16.1. The van der Waals surface area contributed by atoms with Crippen LogP contribution in [0.3, 0.4) is 0 Å². The summed E-state index contributed by atoms with van der Waals surface area (Å²) < 4.78 is 4.98. The summed E-state index contributed by atoms with van der Waals surface area (Å²) in [5.74, 6) is 0. The fraction of sp³-hybridized carbons (Fsp3) is 0. The van der Waals surface area contributed by atoms with E-state index in [-0.39, 0.29) is 0 Å². The van der Waals surface area contributed by atoms with Crippen LogP contribution >= 0.6 is 0 Å². The number of rotatable bonds is 8. The van der Waals surface area contributed by atoms with Gasteiger partial charge in [0.1, 0.15) is 0 Å². The molecule has 0 radical (unpaired) electrons. The minimum Gasteiger partial charge on any atom is -0.309 e. The van der Waals surface area contributed by atoms with Crippen molar-refractivity contribution in [3.05, 3.63) is 291 Å². The van der Waals surface area contributed by atoms with Gasteiger partial charge in [0, 0.05) is 38.3 Å². The molecule has 0 saturated heterocycles. The fourth-order valence-electron chi connectivity index (χ4n) is 12.8. The minimum atomic E-state index is -3.05. The smallest absolute Gasteiger partial charge is 0.179 e. The number of para-hydroxylation sites is 2. The molecule has 0 amide bonds. The average molecular weight is 969 g/mol. The highest BCUT2D eigenvalue weighted by atomic mass is 28.3. The van der Waals surface area contributed by atoms with Crippen LogP contribution in [0.25, 0.3) is 110 Å². The molecule has 0 N–H and O–H groups in total. The SMILES string of the molecule is c1ccc(-c2cc(-c3ccccc3)cc([Si](c3ccccc3)(c3ccccc3)c3ccc(-n4c5cc(-n6c7ccccc7c7ccccc76)ccc5c5c6c7ccccc7c7ccccc7c6ccc54)cc3)c2)cc1. The zero-order valence-electron chi connectivity index (χ0n) is 41.1. The van der Waals surface area contributed by atoms with Crippen molar-refractivity contribution < 1.29 is 0 Å². The van der Waals surface area contributed by atoms with Crippen molar-refractivity contribution in [3.63, 3.8) is 0 Å². The van der Waals surface area contributed by atoms with Crippen LogP contribution in [0.5, 0.6) is 0 Å². The lowest BCUT2D eigenvalue weighted by molar-refractivity contribution is 1.16. The molecule has 2 nitrogen and oxygen atoms in total. The molecule has 0 aliphatic rings. The second kappa shape index (κ2) is 17.3. The summed E-state index contributed by atoms with van der Waals surface area (Å²) in [6, 6.07) is 109. The van der Waals surface area contributed by atoms with Gasteiger partial charge in [-0.2, -0.15) is 0 Å². The highest BCUT2D eigenvalue weighted by Gasteiger charge is 2.42. The van der Waals surface area contributed by atoms with Crippen LogP contribution in [0.2, 0.25) is 0 Å². The molecule has 3 heteroatoms. The summed E-state index contributed by atoms with van der Waals surface area (Å²) in [4.78, 5) is 0. The lowest BCUT2D eigenvalue weighted by Gasteiger charge is -2.35. The lowest BCUT2D eigenvalue weighted by atomic mass is 9.92. The Morgan fingerprint density at radius 1 is 0.200 bits per heavy atom. The number of benzene rings is 13. The van der Waals surface area contributed by atoms with E-state index in [2.05, 4.69) is 300 Å². The number of nitrogens with zero attached hydrogens (tertiary/aromatic N) is 2. The Bertz CT molecular complexity index is 4490. The molecule has 2 aromatic heterocycles. The molecule has 75 heavy (non-hydrogen) atoms. The summed E-state index contributed by atoms with van der Waals surface area (Å²) in [5.41, 5.74) is 11.8. The Kier molecular flexibility index (Phi) is 9.94. The van der Waals surface area contributed by atoms with Crippen molar-refractivity contribution in [2.75, 3.05) is 0 Å². The topological polar surface area (TPSA) is 9.86 Å². The molecule has 0 aliphatic heterocycles. The van der Waals surface area contributed by atoms with Gasteiger partial charge in [-0.25, -0.2) is 0 Å². The largest absolute Gasteiger partial charge is 0.309 e. The summed E-state index contributed by atoms with van der Waals surface area (Å²) >= 11 is 0. The normalized spacial score (nSPS) is 12.0. The third-order valence-corrected chi connectivity index (χ3v) is 20.8. The molecule has 0 spiro atoms. The molecule has 0 atom stereocenters. The highest BCUT2D eigenvalue weighted by Crippen LogP contribution is 2.44. The minimum absolute atomic E-state index is 1.12. The van der Waals surface area contributed by atoms with Crippen LogP contribution in [-0.2, 0) is 0 Å². The van der Waals surface area contributed by atoms with Crippen molar-refractivity contribution in [3.8, 4) is 33.6 Å². The van der Waals surface area contributed by atoms with Crippen LogP contribution in [0.1, 0.15) is 0 Å². The predicted molar refractivity (Wildman–Crippen MR) is 322 cm³/mol. The Hall–Kier alpha value is -9.54. The van der Waals surface area contributed by atoms with Crippen LogP contribution in [0, 0.1) is 0 Å². The van der Waals surface area contributed by atoms with Crippen molar-refractivity contribution in [2.45, 2.75) is 0 Å². The summed E-state index contributed by atoms with van der Waals surface area (Å²) in [6.07, 6.45) is 0. The first-order valence-electron chi connectivity index (χ1n) is 26.0. The maximum atomic E-state index is 2.53. The Morgan fingerprint density at radius 2 is 0.600 bits per heavy atom. The second-order valence-corrected chi connectivity index (χ2v) is 23.7. The van der Waals surface area contributed by atoms with E-state index < -0.39 is 8.07 Å². The maximum Gasteiger partial charge on any atom is 0.179 e. The van der Waals surface area contributed by atoms with Gasteiger partial charge in [0.05, 0.1) is 22.1 Å². The van der Waals surface area contributed by atoms with E-state index in [0.717, 1.165) is 11.4 Å². The molecular weight excluding hydrogens is 921 g/mol. The van der Waals surface area contributed by atoms with Gasteiger partial charge in [-0.15, -0.1) is 0 Å². The van der Waals surface area contributed by atoms with Gasteiger partial charge in [0.2, 0.25) is 0 Å². The zero-order chi connectivity index (χ0) is 49.5. The molecular formula is C72H48N2Si. The Labute approximate surface area is 436 Å². The van der Waals surface area contributed by atoms with E-state index in [1.807, 2.05) is 0 Å². The van der Waals surface area contributed by atoms with E-state index in [0.29, 0.717) is 0 Å². The van der Waals surface area contributed by atoms with Crippen molar-refractivity contribution in [1.29, 1.82) is 0 Å². The lowest BCUT2D eigenvalue weighted by Crippen LogP contribution is -2.74. The standard InChI is InChI=1S/C72H48N2Si/c1-5-21-49(22-6-1)51-45-52(50-23-7-2-8-24-50)47-58(46-51)75(55-25-9-3-10-26-55,56-27-11-4-12-28-56)57-40-37-53(38-41-57)73-69-44-43-65-61-31-14-13-29-59(61)60-30-15-16-34-64(60)71(65)72(69)66-42-39-54(48-70(66)73)74-67-35-19-17-32-62(67)63-33-18-20-36-68(63)74/h1-48H. The molecule has 0 bridgehead atoms. The number of hydrogen-bond donors (Lipinski definition) is 0. The first kappa shape index (κ1) is 43.1. The molecule has 15 rings (SSSR count). The fourth-order valence-corrected chi connectivity index (χ4v) is 17.6. The molecule has 2 heterocycles. The van der Waals surface area contributed by atoms with Crippen LogP contribution in [-0.4, -0.2) is 17.2 Å². The third-order valence-electron chi connectivity index (χ3n) is 16.0. The van der Waals surface area contributed by atoms with Crippen molar-refractivity contribution in [1.82, 2.24) is 9.13 Å². The first-order chi connectivity index (χ1) is 37.2. The van der Waals surface area contributed by atoms with E-state index in [9.17, 15) is 0 Å². The molecule has 13 aromatic carbocycles. The monoisotopic (exact) mass is 968 g/mol. The summed E-state index contributed by atoms with van der Waals surface area (Å²) in [5, 5.41) is 18.0. The van der Waals surface area contributed by atoms with Crippen LogP contribution < -0.4 is 20.7 Å². The molecule has 350 valence electrons. The third kappa shape index (κ3) is 6.65. The summed E-state index contributed by atoms with van der Waals surface area (Å²) in [7, 11) is -3.05. The van der Waals surface area contributed by atoms with Crippen molar-refractivity contribution in [2.24, 2.45) is 0 Å². The number of aromatic nitrogens is 2. The van der Waals surface area contributed by atoms with Gasteiger partial charge in [-0.05, 0) is 118 Å². The zero-order valence-corrected chi connectivity index (χ0v) is 42.1. The first-order valence-corrected chi connectivity index (χ1v) is 28.0. The molecule has 0 fully saturated rings. The average Bonchev–Trinajstić information content (AvgIpc) is 4.09. The van der Waals surface area contributed by atoms with Crippen LogP contribution in [0.15, 0.2) is 291 Å². The van der Waals surface area contributed by atoms with Gasteiger partial charge in [0.25, 0.3) is 0 Å². The van der Waals surface area contributed by atoms with Gasteiger partial charge in [0.15, 0.2) is 8.07 Å². The summed E-state index contributed by atoms with van der Waals surface area (Å²) in [6.45, 7) is 0. The number of fused-ring (bicyclic) bond motifs is 13. The van der Waals surface area contributed by atoms with E-state index in [1.165, 1.54) is 119 Å². The van der Waals surface area contributed by atoms with E-state index >= 15 is 0 Å². The molecule has 0 unspecified atom stereocenters. The quantitative estimate of drug-likeness (QED) is 0.0816. The van der Waals surface area contributed by atoms with Gasteiger partial charge >= 0.3 is 0 Å². The van der Waals surface area contributed by atoms with E-state index in [4.69, 9.17) is 0 Å². The van der Waals surface area contributed by atoms with Gasteiger partial charge < -0.3 is 9.13 Å². The van der Waals surface area contributed by atoms with Crippen molar-refractivity contribution >= 4 is 105 Å². The molecule has 0 saturated carbocycles. The number of hydrogen-bond acceptors (Lipinski definition) is 0. The maximum absolute atomic E-state index is 3.05. The van der Waals surface area contributed by atoms with Gasteiger partial charge in [-0.1, -0.05) is 243 Å². The second-order valence-electron chi connectivity index (χ2n) is 19.9. The Balaban J connectivity index is 1.03. The van der Waals surface area contributed by atoms with Gasteiger partial charge in [-0.3, -0.25) is 0 Å². The van der Waals surface area contributed by atoms with Crippen LogP contribution in [0.4, 0.5) is 0 Å².